The molecule has 0 amide bonds. The van der Waals surface area contributed by atoms with Crippen molar-refractivity contribution in [1.82, 2.24) is 0 Å². The molecule has 0 radical (unpaired) electrons. The fraction of sp³-hybridized carbons (Fsp3) is 0.462. The highest BCUT2D eigenvalue weighted by atomic mass is 35.5. The molecule has 1 heterocycles. The van der Waals surface area contributed by atoms with Crippen LogP contribution in [-0.2, 0) is 0 Å². The molecule has 90 valence electrons. The Kier molecular flexibility index (Phi) is 2.33. The summed E-state index contributed by atoms with van der Waals surface area (Å²) < 4.78 is 0. The molecule has 2 aliphatic rings. The Hall–Kier alpha value is -1.22. The predicted octanol–water partition coefficient (Wildman–Crippen LogP) is 2.64. The fourth-order valence-corrected chi connectivity index (χ4v) is 3.39. The molecule has 0 aromatic heterocycles. The summed E-state index contributed by atoms with van der Waals surface area (Å²) in [5, 5.41) is 0.742. The van der Waals surface area contributed by atoms with E-state index < -0.39 is 0 Å². The Balaban J connectivity index is 2.00. The van der Waals surface area contributed by atoms with Crippen molar-refractivity contribution in [2.24, 2.45) is 16.6 Å². The van der Waals surface area contributed by atoms with E-state index in [-0.39, 0.29) is 5.54 Å². The molecule has 3 nitrogen and oxygen atoms in total. The number of rotatable bonds is 1. The highest BCUT2D eigenvalue weighted by Crippen LogP contribution is 2.47. The van der Waals surface area contributed by atoms with E-state index >= 15 is 0 Å². The van der Waals surface area contributed by atoms with Crippen LogP contribution in [0.25, 0.3) is 0 Å². The van der Waals surface area contributed by atoms with E-state index in [2.05, 4.69) is 16.8 Å². The normalized spacial score (nSPS) is 31.5. The topological polar surface area (TPSA) is 41.6 Å². The first-order valence-corrected chi connectivity index (χ1v) is 6.35. The molecule has 1 aromatic rings. The van der Waals surface area contributed by atoms with Gasteiger partial charge >= 0.3 is 0 Å². The SMILES string of the molecule is CC1CC2(CN=C(N)N2c2ccccc2Cl)C1. The second-order valence-corrected chi connectivity index (χ2v) is 5.61. The molecule has 2 N–H and O–H groups in total. The third-order valence-corrected chi connectivity index (χ3v) is 4.11. The van der Waals surface area contributed by atoms with Crippen molar-refractivity contribution in [3.63, 3.8) is 0 Å². The van der Waals surface area contributed by atoms with E-state index in [0.717, 1.165) is 36.0 Å². The molecule has 0 unspecified atom stereocenters. The summed E-state index contributed by atoms with van der Waals surface area (Å²) in [5.74, 6) is 1.35. The van der Waals surface area contributed by atoms with E-state index in [1.54, 1.807) is 0 Å². The minimum Gasteiger partial charge on any atom is -0.369 e. The Morgan fingerprint density at radius 2 is 2.12 bits per heavy atom. The standard InChI is InChI=1S/C13H16ClN3/c1-9-6-13(7-9)8-16-12(15)17(13)11-5-3-2-4-10(11)14/h2-5,9H,6-8H2,1H3,(H2,15,16). The Bertz CT molecular complexity index is 477. The van der Waals surface area contributed by atoms with Crippen LogP contribution in [0.3, 0.4) is 0 Å². The largest absolute Gasteiger partial charge is 0.369 e. The van der Waals surface area contributed by atoms with E-state index in [1.165, 1.54) is 0 Å². The van der Waals surface area contributed by atoms with Gasteiger partial charge in [-0.05, 0) is 30.9 Å². The first-order valence-electron chi connectivity index (χ1n) is 5.97. The molecule has 0 saturated heterocycles. The second-order valence-electron chi connectivity index (χ2n) is 5.20. The maximum atomic E-state index is 6.26. The van der Waals surface area contributed by atoms with Gasteiger partial charge in [0, 0.05) is 0 Å². The van der Waals surface area contributed by atoms with Crippen LogP contribution in [0.1, 0.15) is 19.8 Å². The van der Waals surface area contributed by atoms with Gasteiger partial charge in [0.15, 0.2) is 5.96 Å². The monoisotopic (exact) mass is 249 g/mol. The fourth-order valence-electron chi connectivity index (χ4n) is 3.17. The van der Waals surface area contributed by atoms with Crippen LogP contribution in [-0.4, -0.2) is 18.0 Å². The molecule has 1 fully saturated rings. The molecule has 3 rings (SSSR count). The van der Waals surface area contributed by atoms with Gasteiger partial charge in [-0.2, -0.15) is 0 Å². The lowest BCUT2D eigenvalue weighted by molar-refractivity contribution is 0.182. The third kappa shape index (κ3) is 1.53. The molecule has 1 aromatic carbocycles. The van der Waals surface area contributed by atoms with Crippen molar-refractivity contribution < 1.29 is 0 Å². The highest BCUT2D eigenvalue weighted by Gasteiger charge is 2.51. The number of nitrogens with zero attached hydrogens (tertiary/aromatic N) is 2. The second kappa shape index (κ2) is 3.64. The number of guanidine groups is 1. The molecule has 1 aliphatic carbocycles. The summed E-state index contributed by atoms with van der Waals surface area (Å²) >= 11 is 6.26. The van der Waals surface area contributed by atoms with E-state index in [9.17, 15) is 0 Å². The van der Waals surface area contributed by atoms with Crippen LogP contribution in [0.5, 0.6) is 0 Å². The van der Waals surface area contributed by atoms with Crippen LogP contribution in [0.2, 0.25) is 5.02 Å². The molecular weight excluding hydrogens is 234 g/mol. The zero-order chi connectivity index (χ0) is 12.0. The van der Waals surface area contributed by atoms with Gasteiger partial charge in [-0.1, -0.05) is 30.7 Å². The van der Waals surface area contributed by atoms with Gasteiger partial charge in [0.25, 0.3) is 0 Å². The maximum Gasteiger partial charge on any atom is 0.196 e. The average molecular weight is 250 g/mol. The molecule has 4 heteroatoms. The molecule has 1 aliphatic heterocycles. The van der Waals surface area contributed by atoms with Crippen molar-refractivity contribution in [2.45, 2.75) is 25.3 Å². The number of anilines is 1. The van der Waals surface area contributed by atoms with Crippen molar-refractivity contribution in [2.75, 3.05) is 11.4 Å². The Morgan fingerprint density at radius 3 is 2.76 bits per heavy atom. The smallest absolute Gasteiger partial charge is 0.196 e. The minimum absolute atomic E-state index is 0.0918. The van der Waals surface area contributed by atoms with Crippen LogP contribution >= 0.6 is 11.6 Å². The lowest BCUT2D eigenvalue weighted by Gasteiger charge is -2.50. The van der Waals surface area contributed by atoms with Gasteiger partial charge in [-0.25, -0.2) is 0 Å². The minimum atomic E-state index is 0.0918. The van der Waals surface area contributed by atoms with Crippen molar-refractivity contribution >= 4 is 23.2 Å². The predicted molar refractivity (Wildman–Crippen MR) is 71.5 cm³/mol. The number of nitrogens with two attached hydrogens (primary N) is 1. The zero-order valence-corrected chi connectivity index (χ0v) is 10.6. The van der Waals surface area contributed by atoms with Gasteiger partial charge in [-0.15, -0.1) is 0 Å². The quantitative estimate of drug-likeness (QED) is 0.831. The third-order valence-electron chi connectivity index (χ3n) is 3.79. The molecule has 1 spiro atoms. The summed E-state index contributed by atoms with van der Waals surface area (Å²) in [6, 6.07) is 7.84. The molecule has 1 saturated carbocycles. The summed E-state index contributed by atoms with van der Waals surface area (Å²) in [6.45, 7) is 3.07. The van der Waals surface area contributed by atoms with Crippen LogP contribution in [0, 0.1) is 5.92 Å². The number of para-hydroxylation sites is 1. The zero-order valence-electron chi connectivity index (χ0n) is 9.86. The number of benzene rings is 1. The Morgan fingerprint density at radius 1 is 1.41 bits per heavy atom. The van der Waals surface area contributed by atoms with E-state index in [1.807, 2.05) is 24.3 Å². The maximum absolute atomic E-state index is 6.26. The lowest BCUT2D eigenvalue weighted by atomic mass is 9.68. The van der Waals surface area contributed by atoms with Crippen LogP contribution in [0.15, 0.2) is 29.3 Å². The number of hydrogen-bond acceptors (Lipinski definition) is 3. The van der Waals surface area contributed by atoms with Gasteiger partial charge < -0.3 is 10.6 Å². The summed E-state index contributed by atoms with van der Waals surface area (Å²) in [5.41, 5.74) is 7.11. The summed E-state index contributed by atoms with van der Waals surface area (Å²) in [7, 11) is 0. The highest BCUT2D eigenvalue weighted by molar-refractivity contribution is 6.34. The van der Waals surface area contributed by atoms with Gasteiger partial charge in [0.1, 0.15) is 0 Å². The van der Waals surface area contributed by atoms with Crippen molar-refractivity contribution in [1.29, 1.82) is 0 Å². The first-order chi connectivity index (χ1) is 8.12. The molecule has 17 heavy (non-hydrogen) atoms. The van der Waals surface area contributed by atoms with E-state index in [4.69, 9.17) is 17.3 Å². The van der Waals surface area contributed by atoms with Gasteiger partial charge in [0.05, 0.1) is 22.8 Å². The number of aliphatic imine (C=N–C) groups is 1. The molecular formula is C13H16ClN3. The van der Waals surface area contributed by atoms with Gasteiger partial charge in [-0.3, -0.25) is 4.99 Å². The summed E-state index contributed by atoms with van der Waals surface area (Å²) in [6.07, 6.45) is 2.28. The average Bonchev–Trinajstić information content (AvgIpc) is 2.58. The van der Waals surface area contributed by atoms with Crippen LogP contribution < -0.4 is 10.6 Å². The van der Waals surface area contributed by atoms with Crippen molar-refractivity contribution in [3.8, 4) is 0 Å². The summed E-state index contributed by atoms with van der Waals surface area (Å²) in [4.78, 5) is 6.54. The lowest BCUT2D eigenvalue weighted by Crippen LogP contribution is -2.59. The van der Waals surface area contributed by atoms with Crippen molar-refractivity contribution in [3.05, 3.63) is 29.3 Å². The Labute approximate surface area is 106 Å². The number of halogens is 1. The molecule has 0 atom stereocenters. The van der Waals surface area contributed by atoms with Gasteiger partial charge in [0.2, 0.25) is 0 Å². The number of hydrogen-bond donors (Lipinski definition) is 1. The van der Waals surface area contributed by atoms with Crippen LogP contribution in [0.4, 0.5) is 5.69 Å². The first kappa shape index (κ1) is 10.9. The van der Waals surface area contributed by atoms with E-state index in [0.29, 0.717) is 5.96 Å². The molecule has 0 bridgehead atoms.